The van der Waals surface area contributed by atoms with Gasteiger partial charge in [0.05, 0.1) is 24.5 Å². The molecule has 3 aromatic rings. The van der Waals surface area contributed by atoms with Crippen LogP contribution in [0.15, 0.2) is 78.9 Å². The Labute approximate surface area is 172 Å². The van der Waals surface area contributed by atoms with E-state index in [9.17, 15) is 4.79 Å². The van der Waals surface area contributed by atoms with Gasteiger partial charge < -0.3 is 14.8 Å². The summed E-state index contributed by atoms with van der Waals surface area (Å²) in [6.45, 7) is 3.25. The highest BCUT2D eigenvalue weighted by Crippen LogP contribution is 2.26. The van der Waals surface area contributed by atoms with Crippen molar-refractivity contribution < 1.29 is 14.3 Å². The number of carbonyl (C=O) groups is 1. The summed E-state index contributed by atoms with van der Waals surface area (Å²) in [6.07, 6.45) is 2.81. The van der Waals surface area contributed by atoms with E-state index in [1.165, 1.54) is 5.56 Å². The van der Waals surface area contributed by atoms with Gasteiger partial charge in [0.1, 0.15) is 11.5 Å². The van der Waals surface area contributed by atoms with Crippen molar-refractivity contribution in [1.29, 1.82) is 0 Å². The fraction of sp³-hybridized carbons (Fsp3) is 0.240. The van der Waals surface area contributed by atoms with Crippen molar-refractivity contribution >= 4 is 11.6 Å². The second kappa shape index (κ2) is 10.9. The Morgan fingerprint density at radius 3 is 2.24 bits per heavy atom. The summed E-state index contributed by atoms with van der Waals surface area (Å²) in [5, 5.41) is 2.96. The summed E-state index contributed by atoms with van der Waals surface area (Å²) in [4.78, 5) is 12.9. The quantitative estimate of drug-likeness (QED) is 0.450. The largest absolute Gasteiger partial charge is 0.492 e. The molecule has 0 aliphatic heterocycles. The highest BCUT2D eigenvalue weighted by atomic mass is 16.5. The topological polar surface area (TPSA) is 47.6 Å². The Hall–Kier alpha value is -3.27. The van der Waals surface area contributed by atoms with Crippen molar-refractivity contribution in [3.05, 3.63) is 90.0 Å². The molecular formula is C25H27NO3. The fourth-order valence-electron chi connectivity index (χ4n) is 2.92. The highest BCUT2D eigenvalue weighted by molar-refractivity contribution is 6.06. The van der Waals surface area contributed by atoms with Gasteiger partial charge in [0.25, 0.3) is 5.91 Å². The summed E-state index contributed by atoms with van der Waals surface area (Å²) >= 11 is 0. The second-order valence-corrected chi connectivity index (χ2v) is 6.73. The third kappa shape index (κ3) is 6.11. The molecule has 0 radical (unpaired) electrons. The molecule has 0 fully saturated rings. The van der Waals surface area contributed by atoms with Gasteiger partial charge in [-0.05, 0) is 36.2 Å². The predicted octanol–water partition coefficient (Wildman–Crippen LogP) is 5.74. The molecule has 3 rings (SSSR count). The number of benzene rings is 3. The molecule has 0 unspecified atom stereocenters. The molecule has 29 heavy (non-hydrogen) atoms. The van der Waals surface area contributed by atoms with Crippen molar-refractivity contribution in [2.75, 3.05) is 18.5 Å². The molecular weight excluding hydrogens is 362 g/mol. The third-order valence-corrected chi connectivity index (χ3v) is 4.51. The Balaban J connectivity index is 1.65. The standard InChI is InChI=1S/C25H27NO3/c1-2-3-18-28-24-16-10-8-14-22(24)26-25(27)21-13-7-9-15-23(21)29-19-17-20-11-5-4-6-12-20/h4-16H,2-3,17-19H2,1H3,(H,26,27). The molecule has 4 heteroatoms. The summed E-state index contributed by atoms with van der Waals surface area (Å²) < 4.78 is 11.7. The normalized spacial score (nSPS) is 10.4. The lowest BCUT2D eigenvalue weighted by atomic mass is 10.1. The van der Waals surface area contributed by atoms with Crippen LogP contribution in [0.1, 0.15) is 35.7 Å². The molecule has 0 saturated carbocycles. The molecule has 0 aliphatic carbocycles. The highest BCUT2D eigenvalue weighted by Gasteiger charge is 2.14. The Bertz CT molecular complexity index is 909. The number of unbranched alkanes of at least 4 members (excludes halogenated alkanes) is 1. The summed E-state index contributed by atoms with van der Waals surface area (Å²) in [5.41, 5.74) is 2.37. The first-order valence-electron chi connectivity index (χ1n) is 10.1. The maximum absolute atomic E-state index is 12.9. The molecule has 0 saturated heterocycles. The number of hydrogen-bond donors (Lipinski definition) is 1. The van der Waals surface area contributed by atoms with Crippen LogP contribution in [0.3, 0.4) is 0 Å². The summed E-state index contributed by atoms with van der Waals surface area (Å²) in [6, 6.07) is 24.9. The second-order valence-electron chi connectivity index (χ2n) is 6.73. The minimum atomic E-state index is -0.216. The maximum atomic E-state index is 12.9. The Morgan fingerprint density at radius 1 is 0.793 bits per heavy atom. The van der Waals surface area contributed by atoms with Gasteiger partial charge in [0, 0.05) is 6.42 Å². The molecule has 4 nitrogen and oxygen atoms in total. The molecule has 0 aromatic heterocycles. The van der Waals surface area contributed by atoms with Gasteiger partial charge >= 0.3 is 0 Å². The predicted molar refractivity (Wildman–Crippen MR) is 117 cm³/mol. The molecule has 0 spiro atoms. The zero-order valence-electron chi connectivity index (χ0n) is 16.8. The number of amides is 1. The number of ether oxygens (including phenoxy) is 2. The number of para-hydroxylation sites is 3. The van der Waals surface area contributed by atoms with E-state index in [2.05, 4.69) is 24.4 Å². The van der Waals surface area contributed by atoms with Gasteiger partial charge in [-0.3, -0.25) is 4.79 Å². The van der Waals surface area contributed by atoms with E-state index in [1.54, 1.807) is 6.07 Å². The van der Waals surface area contributed by atoms with Gasteiger partial charge in [-0.1, -0.05) is 67.9 Å². The van der Waals surface area contributed by atoms with E-state index >= 15 is 0 Å². The van der Waals surface area contributed by atoms with Crippen LogP contribution < -0.4 is 14.8 Å². The minimum Gasteiger partial charge on any atom is -0.492 e. The smallest absolute Gasteiger partial charge is 0.259 e. The van der Waals surface area contributed by atoms with Gasteiger partial charge in [-0.15, -0.1) is 0 Å². The molecule has 0 atom stereocenters. The maximum Gasteiger partial charge on any atom is 0.259 e. The first kappa shape index (κ1) is 20.5. The van der Waals surface area contributed by atoms with Crippen LogP contribution in [0.25, 0.3) is 0 Å². The summed E-state index contributed by atoms with van der Waals surface area (Å²) in [5.74, 6) is 1.04. The SMILES string of the molecule is CCCCOc1ccccc1NC(=O)c1ccccc1OCCc1ccccc1. The lowest BCUT2D eigenvalue weighted by molar-refractivity contribution is 0.102. The van der Waals surface area contributed by atoms with Crippen molar-refractivity contribution in [3.8, 4) is 11.5 Å². The zero-order chi connectivity index (χ0) is 20.3. The van der Waals surface area contributed by atoms with Crippen molar-refractivity contribution in [2.24, 2.45) is 0 Å². The lowest BCUT2D eigenvalue weighted by Gasteiger charge is -2.14. The molecule has 0 aliphatic rings. The van der Waals surface area contributed by atoms with Crippen LogP contribution in [-0.2, 0) is 6.42 Å². The van der Waals surface area contributed by atoms with E-state index in [4.69, 9.17) is 9.47 Å². The van der Waals surface area contributed by atoms with Crippen LogP contribution in [0.5, 0.6) is 11.5 Å². The number of nitrogens with one attached hydrogen (secondary N) is 1. The Kier molecular flexibility index (Phi) is 7.70. The number of rotatable bonds is 10. The first-order valence-corrected chi connectivity index (χ1v) is 10.1. The molecule has 0 bridgehead atoms. The molecule has 0 heterocycles. The van der Waals surface area contributed by atoms with E-state index in [0.29, 0.717) is 36.0 Å². The van der Waals surface area contributed by atoms with Crippen LogP contribution >= 0.6 is 0 Å². The number of carbonyl (C=O) groups excluding carboxylic acids is 1. The average molecular weight is 389 g/mol. The van der Waals surface area contributed by atoms with E-state index in [-0.39, 0.29) is 5.91 Å². The van der Waals surface area contributed by atoms with Crippen LogP contribution in [0.2, 0.25) is 0 Å². The zero-order valence-corrected chi connectivity index (χ0v) is 16.8. The molecule has 1 N–H and O–H groups in total. The van der Waals surface area contributed by atoms with E-state index < -0.39 is 0 Å². The van der Waals surface area contributed by atoms with Gasteiger partial charge in [-0.2, -0.15) is 0 Å². The fourth-order valence-corrected chi connectivity index (χ4v) is 2.92. The first-order chi connectivity index (χ1) is 14.3. The van der Waals surface area contributed by atoms with Crippen LogP contribution in [0.4, 0.5) is 5.69 Å². The summed E-state index contributed by atoms with van der Waals surface area (Å²) in [7, 11) is 0. The van der Waals surface area contributed by atoms with Gasteiger partial charge in [0.2, 0.25) is 0 Å². The monoisotopic (exact) mass is 389 g/mol. The lowest BCUT2D eigenvalue weighted by Crippen LogP contribution is -2.15. The van der Waals surface area contributed by atoms with Crippen LogP contribution in [-0.4, -0.2) is 19.1 Å². The third-order valence-electron chi connectivity index (χ3n) is 4.51. The number of hydrogen-bond acceptors (Lipinski definition) is 3. The van der Waals surface area contributed by atoms with Crippen molar-refractivity contribution in [3.63, 3.8) is 0 Å². The molecule has 1 amide bonds. The van der Waals surface area contributed by atoms with E-state index in [0.717, 1.165) is 19.3 Å². The number of anilines is 1. The van der Waals surface area contributed by atoms with Crippen molar-refractivity contribution in [2.45, 2.75) is 26.2 Å². The molecule has 150 valence electrons. The Morgan fingerprint density at radius 2 is 1.45 bits per heavy atom. The van der Waals surface area contributed by atoms with Crippen LogP contribution in [0, 0.1) is 0 Å². The van der Waals surface area contributed by atoms with E-state index in [1.807, 2.05) is 60.7 Å². The minimum absolute atomic E-state index is 0.216. The van der Waals surface area contributed by atoms with Gasteiger partial charge in [0.15, 0.2) is 0 Å². The average Bonchev–Trinajstić information content (AvgIpc) is 2.76. The van der Waals surface area contributed by atoms with Gasteiger partial charge in [-0.25, -0.2) is 0 Å². The van der Waals surface area contributed by atoms with Crippen molar-refractivity contribution in [1.82, 2.24) is 0 Å². The molecule has 3 aromatic carbocycles.